The van der Waals surface area contributed by atoms with Gasteiger partial charge in [0, 0.05) is 15.6 Å². The predicted molar refractivity (Wildman–Crippen MR) is 99.9 cm³/mol. The lowest BCUT2D eigenvalue weighted by molar-refractivity contribution is -0.116. The molecule has 2 amide bonds. The first-order chi connectivity index (χ1) is 11.5. The van der Waals surface area contributed by atoms with E-state index >= 15 is 0 Å². The fourth-order valence-electron chi connectivity index (χ4n) is 1.85. The van der Waals surface area contributed by atoms with Crippen molar-refractivity contribution >= 4 is 58.2 Å². The van der Waals surface area contributed by atoms with Gasteiger partial charge in [0.1, 0.15) is 0 Å². The number of thioether (sulfide) groups is 1. The van der Waals surface area contributed by atoms with Crippen molar-refractivity contribution < 1.29 is 9.59 Å². The summed E-state index contributed by atoms with van der Waals surface area (Å²) in [5.74, 6) is -0.500. The number of hydrogen-bond acceptors (Lipinski definition) is 4. The Bertz CT molecular complexity index is 756. The number of carbonyl (C=O) groups is 2. The summed E-state index contributed by atoms with van der Waals surface area (Å²) in [7, 11) is 0. The zero-order chi connectivity index (χ0) is 17.5. The zero-order valence-corrected chi connectivity index (χ0v) is 14.8. The number of primary amides is 1. The fourth-order valence-corrected chi connectivity index (χ4v) is 2.96. The van der Waals surface area contributed by atoms with Gasteiger partial charge in [0.2, 0.25) is 11.8 Å². The molecule has 0 atom stereocenters. The highest BCUT2D eigenvalue weighted by atomic mass is 35.5. The number of carbonyl (C=O) groups excluding carboxylic acids is 2. The number of amides is 2. The van der Waals surface area contributed by atoms with Gasteiger partial charge in [-0.3, -0.25) is 9.59 Å². The molecule has 0 aliphatic carbocycles. The summed E-state index contributed by atoms with van der Waals surface area (Å²) in [4.78, 5) is 23.8. The van der Waals surface area contributed by atoms with E-state index in [1.54, 1.807) is 18.2 Å². The van der Waals surface area contributed by atoms with E-state index in [2.05, 4.69) is 10.6 Å². The lowest BCUT2D eigenvalue weighted by Crippen LogP contribution is -2.22. The van der Waals surface area contributed by atoms with Crippen LogP contribution in [-0.4, -0.2) is 24.1 Å². The molecule has 24 heavy (non-hydrogen) atoms. The molecule has 0 saturated heterocycles. The Balaban J connectivity index is 1.96. The van der Waals surface area contributed by atoms with Crippen LogP contribution >= 0.6 is 35.0 Å². The average molecular weight is 384 g/mol. The van der Waals surface area contributed by atoms with Gasteiger partial charge in [0.15, 0.2) is 0 Å². The third kappa shape index (κ3) is 5.63. The van der Waals surface area contributed by atoms with E-state index in [9.17, 15) is 9.59 Å². The number of rotatable bonds is 7. The maximum Gasteiger partial charge on any atom is 0.243 e. The molecule has 126 valence electrons. The summed E-state index contributed by atoms with van der Waals surface area (Å²) in [6, 6.07) is 12.2. The SMILES string of the molecule is NC(=O)CSc1ccccc1NCC(=O)Nc1cc(Cl)ccc1Cl. The van der Waals surface area contributed by atoms with Crippen molar-refractivity contribution in [3.05, 3.63) is 52.5 Å². The van der Waals surface area contributed by atoms with Crippen molar-refractivity contribution in [2.75, 3.05) is 22.9 Å². The summed E-state index contributed by atoms with van der Waals surface area (Å²) in [6.45, 7) is 0.0387. The predicted octanol–water partition coefficient (Wildman–Crippen LogP) is 3.62. The number of nitrogens with two attached hydrogens (primary N) is 1. The first kappa shape index (κ1) is 18.4. The van der Waals surface area contributed by atoms with E-state index in [4.69, 9.17) is 28.9 Å². The summed E-state index contributed by atoms with van der Waals surface area (Å²) in [5.41, 5.74) is 6.35. The topological polar surface area (TPSA) is 84.2 Å². The molecule has 5 nitrogen and oxygen atoms in total. The van der Waals surface area contributed by atoms with Crippen molar-refractivity contribution in [3.8, 4) is 0 Å². The summed E-state index contributed by atoms with van der Waals surface area (Å²) in [5, 5.41) is 6.61. The molecule has 0 spiro atoms. The molecule has 0 heterocycles. The number of halogens is 2. The monoisotopic (exact) mass is 383 g/mol. The van der Waals surface area contributed by atoms with Crippen LogP contribution in [-0.2, 0) is 9.59 Å². The van der Waals surface area contributed by atoms with Gasteiger partial charge in [-0.25, -0.2) is 0 Å². The van der Waals surface area contributed by atoms with Gasteiger partial charge < -0.3 is 16.4 Å². The van der Waals surface area contributed by atoms with Crippen LogP contribution in [0.5, 0.6) is 0 Å². The molecule has 0 aliphatic rings. The molecular formula is C16H15Cl2N3O2S. The van der Waals surface area contributed by atoms with Crippen molar-refractivity contribution in [2.45, 2.75) is 4.90 Å². The molecule has 0 aromatic heterocycles. The second kappa shape index (κ2) is 8.82. The molecule has 0 radical (unpaired) electrons. The van der Waals surface area contributed by atoms with Crippen LogP contribution in [0, 0.1) is 0 Å². The van der Waals surface area contributed by atoms with E-state index in [1.807, 2.05) is 24.3 Å². The number of para-hydroxylation sites is 1. The van der Waals surface area contributed by atoms with E-state index in [-0.39, 0.29) is 18.2 Å². The number of anilines is 2. The van der Waals surface area contributed by atoms with Gasteiger partial charge in [0.25, 0.3) is 0 Å². The molecule has 4 N–H and O–H groups in total. The molecule has 2 aromatic rings. The van der Waals surface area contributed by atoms with Crippen LogP contribution in [0.1, 0.15) is 0 Å². The highest BCUT2D eigenvalue weighted by molar-refractivity contribution is 8.00. The Labute approximate surface area is 153 Å². The lowest BCUT2D eigenvalue weighted by Gasteiger charge is -2.12. The molecule has 0 unspecified atom stereocenters. The summed E-state index contributed by atoms with van der Waals surface area (Å²) in [6.07, 6.45) is 0. The Kier molecular flexibility index (Phi) is 6.78. The van der Waals surface area contributed by atoms with Crippen LogP contribution in [0.4, 0.5) is 11.4 Å². The minimum atomic E-state index is -0.400. The van der Waals surface area contributed by atoms with E-state index in [0.29, 0.717) is 15.7 Å². The van der Waals surface area contributed by atoms with Crippen molar-refractivity contribution in [2.24, 2.45) is 5.73 Å². The van der Waals surface area contributed by atoms with Gasteiger partial charge >= 0.3 is 0 Å². The molecule has 0 aliphatic heterocycles. The number of benzene rings is 2. The lowest BCUT2D eigenvalue weighted by atomic mass is 10.3. The molecular weight excluding hydrogens is 369 g/mol. The summed E-state index contributed by atoms with van der Waals surface area (Å²) < 4.78 is 0. The van der Waals surface area contributed by atoms with Crippen molar-refractivity contribution in [1.29, 1.82) is 0 Å². The van der Waals surface area contributed by atoms with Gasteiger partial charge in [-0.2, -0.15) is 0 Å². The second-order valence-corrected chi connectivity index (χ2v) is 6.64. The first-order valence-electron chi connectivity index (χ1n) is 6.94. The third-order valence-corrected chi connectivity index (χ3v) is 4.56. The van der Waals surface area contributed by atoms with Gasteiger partial charge in [-0.05, 0) is 30.3 Å². The molecule has 0 fully saturated rings. The highest BCUT2D eigenvalue weighted by Crippen LogP contribution is 2.27. The van der Waals surface area contributed by atoms with E-state index in [0.717, 1.165) is 10.6 Å². The average Bonchev–Trinajstić information content (AvgIpc) is 2.55. The Morgan fingerprint density at radius 2 is 1.83 bits per heavy atom. The maximum absolute atomic E-state index is 12.1. The van der Waals surface area contributed by atoms with Gasteiger partial charge in [0.05, 0.1) is 23.0 Å². The van der Waals surface area contributed by atoms with Crippen LogP contribution < -0.4 is 16.4 Å². The Morgan fingerprint density at radius 1 is 1.08 bits per heavy atom. The molecule has 2 aromatic carbocycles. The standard InChI is InChI=1S/C16H15Cl2N3O2S/c17-10-5-6-11(18)13(7-10)21-16(23)8-20-12-3-1-2-4-14(12)24-9-15(19)22/h1-7,20H,8-9H2,(H2,19,22)(H,21,23). The fraction of sp³-hybridized carbons (Fsp3) is 0.125. The maximum atomic E-state index is 12.1. The third-order valence-electron chi connectivity index (χ3n) is 2.90. The van der Waals surface area contributed by atoms with E-state index < -0.39 is 5.91 Å². The smallest absolute Gasteiger partial charge is 0.243 e. The van der Waals surface area contributed by atoms with E-state index in [1.165, 1.54) is 11.8 Å². The zero-order valence-electron chi connectivity index (χ0n) is 12.5. The first-order valence-corrected chi connectivity index (χ1v) is 8.69. The van der Waals surface area contributed by atoms with Crippen LogP contribution in [0.25, 0.3) is 0 Å². The van der Waals surface area contributed by atoms with Crippen LogP contribution in [0.15, 0.2) is 47.4 Å². The molecule has 2 rings (SSSR count). The minimum Gasteiger partial charge on any atom is -0.375 e. The van der Waals surface area contributed by atoms with Crippen molar-refractivity contribution in [1.82, 2.24) is 0 Å². The Morgan fingerprint density at radius 3 is 2.58 bits per heavy atom. The number of nitrogens with one attached hydrogen (secondary N) is 2. The number of hydrogen-bond donors (Lipinski definition) is 3. The Hall–Kier alpha value is -1.89. The summed E-state index contributed by atoms with van der Waals surface area (Å²) >= 11 is 13.2. The molecule has 8 heteroatoms. The van der Waals surface area contributed by atoms with Crippen molar-refractivity contribution in [3.63, 3.8) is 0 Å². The normalized spacial score (nSPS) is 10.2. The molecule has 0 bridgehead atoms. The largest absolute Gasteiger partial charge is 0.375 e. The van der Waals surface area contributed by atoms with Gasteiger partial charge in [-0.15, -0.1) is 11.8 Å². The molecule has 0 saturated carbocycles. The van der Waals surface area contributed by atoms with Crippen LogP contribution in [0.3, 0.4) is 0 Å². The second-order valence-electron chi connectivity index (χ2n) is 4.78. The van der Waals surface area contributed by atoms with Gasteiger partial charge in [-0.1, -0.05) is 35.3 Å². The highest BCUT2D eigenvalue weighted by Gasteiger charge is 2.09. The van der Waals surface area contributed by atoms with Crippen LogP contribution in [0.2, 0.25) is 10.0 Å². The minimum absolute atomic E-state index is 0.0387. The quantitative estimate of drug-likeness (QED) is 0.637.